The van der Waals surface area contributed by atoms with Crippen LogP contribution in [-0.4, -0.2) is 18.5 Å². The van der Waals surface area contributed by atoms with Crippen molar-refractivity contribution in [3.05, 3.63) is 0 Å². The fourth-order valence-electron chi connectivity index (χ4n) is 3.62. The summed E-state index contributed by atoms with van der Waals surface area (Å²) in [6.45, 7) is 3.29. The minimum absolute atomic E-state index is 0.416. The molecule has 2 aliphatic rings. The number of ether oxygens (including phenoxy) is 1. The molecule has 0 N–H and O–H groups in total. The Balaban J connectivity index is 1.83. The highest BCUT2D eigenvalue weighted by Crippen LogP contribution is 2.40. The molecule has 2 aliphatic carbocycles. The van der Waals surface area contributed by atoms with Crippen LogP contribution in [0.25, 0.3) is 0 Å². The topological polar surface area (TPSA) is 9.23 Å². The summed E-state index contributed by atoms with van der Waals surface area (Å²) in [4.78, 5) is 0. The zero-order chi connectivity index (χ0) is 12.1. The Bertz CT molecular complexity index is 223. The van der Waals surface area contributed by atoms with Crippen molar-refractivity contribution in [3.63, 3.8) is 0 Å². The molecule has 0 aromatic heterocycles. The minimum Gasteiger partial charge on any atom is -0.377 e. The first kappa shape index (κ1) is 13.7. The molecule has 0 radical (unpaired) electrons. The van der Waals surface area contributed by atoms with Crippen LogP contribution >= 0.6 is 12.6 Å². The van der Waals surface area contributed by atoms with Gasteiger partial charge in [0.05, 0.1) is 12.7 Å². The highest BCUT2D eigenvalue weighted by atomic mass is 32.1. The molecular weight excluding hydrogens is 228 g/mol. The first-order valence-corrected chi connectivity index (χ1v) is 8.15. The van der Waals surface area contributed by atoms with E-state index in [0.29, 0.717) is 11.5 Å². The maximum Gasteiger partial charge on any atom is 0.0603 e. The molecule has 0 spiro atoms. The fraction of sp³-hybridized carbons (Fsp3) is 1.00. The van der Waals surface area contributed by atoms with E-state index in [-0.39, 0.29) is 0 Å². The van der Waals surface area contributed by atoms with Crippen molar-refractivity contribution in [2.24, 2.45) is 11.3 Å². The van der Waals surface area contributed by atoms with Gasteiger partial charge in [0.25, 0.3) is 0 Å². The van der Waals surface area contributed by atoms with Crippen molar-refractivity contribution in [3.8, 4) is 0 Å². The van der Waals surface area contributed by atoms with Gasteiger partial charge in [-0.15, -0.1) is 0 Å². The third kappa shape index (κ3) is 3.41. The van der Waals surface area contributed by atoms with Gasteiger partial charge >= 0.3 is 0 Å². The highest BCUT2D eigenvalue weighted by Gasteiger charge is 2.34. The van der Waals surface area contributed by atoms with Gasteiger partial charge in [0.2, 0.25) is 0 Å². The maximum atomic E-state index is 6.32. The Kier molecular flexibility index (Phi) is 5.23. The van der Waals surface area contributed by atoms with E-state index in [0.717, 1.165) is 18.3 Å². The van der Waals surface area contributed by atoms with Crippen LogP contribution in [0.2, 0.25) is 0 Å². The van der Waals surface area contributed by atoms with Crippen molar-refractivity contribution >= 4 is 12.6 Å². The first-order valence-electron chi connectivity index (χ1n) is 7.52. The highest BCUT2D eigenvalue weighted by molar-refractivity contribution is 7.80. The number of thiol groups is 1. The van der Waals surface area contributed by atoms with Crippen molar-refractivity contribution in [2.75, 3.05) is 12.4 Å². The van der Waals surface area contributed by atoms with Crippen LogP contribution in [0.4, 0.5) is 0 Å². The molecule has 100 valence electrons. The molecule has 0 heterocycles. The first-order chi connectivity index (χ1) is 8.29. The molecule has 2 rings (SSSR count). The summed E-state index contributed by atoms with van der Waals surface area (Å²) in [5.41, 5.74) is 0.416. The monoisotopic (exact) mass is 256 g/mol. The molecule has 1 nitrogen and oxygen atoms in total. The van der Waals surface area contributed by atoms with E-state index in [1.54, 1.807) is 0 Å². The van der Waals surface area contributed by atoms with E-state index in [2.05, 4.69) is 19.6 Å². The van der Waals surface area contributed by atoms with E-state index >= 15 is 0 Å². The molecule has 0 aromatic rings. The predicted molar refractivity (Wildman–Crippen MR) is 76.7 cm³/mol. The third-order valence-corrected chi connectivity index (χ3v) is 5.64. The molecule has 0 bridgehead atoms. The summed E-state index contributed by atoms with van der Waals surface area (Å²) in [5, 5.41) is 0. The summed E-state index contributed by atoms with van der Waals surface area (Å²) in [5.74, 6) is 1.83. The van der Waals surface area contributed by atoms with Crippen LogP contribution in [-0.2, 0) is 4.74 Å². The second-order valence-electron chi connectivity index (χ2n) is 6.17. The Morgan fingerprint density at radius 1 is 1.12 bits per heavy atom. The van der Waals surface area contributed by atoms with Crippen LogP contribution in [0, 0.1) is 11.3 Å². The van der Waals surface area contributed by atoms with E-state index in [9.17, 15) is 0 Å². The zero-order valence-corrected chi connectivity index (χ0v) is 12.2. The quantitative estimate of drug-likeness (QED) is 0.714. The van der Waals surface area contributed by atoms with Gasteiger partial charge in [-0.1, -0.05) is 39.0 Å². The lowest BCUT2D eigenvalue weighted by molar-refractivity contribution is -0.0470. The fourth-order valence-corrected chi connectivity index (χ4v) is 4.02. The van der Waals surface area contributed by atoms with E-state index in [1.165, 1.54) is 57.8 Å². The van der Waals surface area contributed by atoms with Gasteiger partial charge in [0, 0.05) is 5.41 Å². The zero-order valence-electron chi connectivity index (χ0n) is 11.3. The molecule has 2 atom stereocenters. The lowest BCUT2D eigenvalue weighted by Crippen LogP contribution is -2.33. The molecule has 17 heavy (non-hydrogen) atoms. The van der Waals surface area contributed by atoms with Gasteiger partial charge < -0.3 is 4.74 Å². The Morgan fingerprint density at radius 3 is 2.47 bits per heavy atom. The third-order valence-electron chi connectivity index (χ3n) is 4.97. The van der Waals surface area contributed by atoms with Crippen molar-refractivity contribution in [1.29, 1.82) is 0 Å². The second kappa shape index (κ2) is 6.47. The Hall–Kier alpha value is 0.310. The van der Waals surface area contributed by atoms with Crippen LogP contribution in [0.1, 0.15) is 64.7 Å². The smallest absolute Gasteiger partial charge is 0.0603 e. The lowest BCUT2D eigenvalue weighted by Gasteiger charge is -2.35. The van der Waals surface area contributed by atoms with Gasteiger partial charge in [0.15, 0.2) is 0 Å². The molecule has 2 heteroatoms. The Labute approximate surface area is 112 Å². The standard InChI is InChI=1S/C15H28OS/c1-2-13-7-3-4-8-14(13)16-11-15(12-17)9-5-6-10-15/h13-14,17H,2-12H2,1H3. The van der Waals surface area contributed by atoms with Gasteiger partial charge in [0.1, 0.15) is 0 Å². The number of hydrogen-bond donors (Lipinski definition) is 1. The van der Waals surface area contributed by atoms with Crippen LogP contribution in [0.3, 0.4) is 0 Å². The largest absolute Gasteiger partial charge is 0.377 e. The van der Waals surface area contributed by atoms with Gasteiger partial charge in [-0.2, -0.15) is 12.6 Å². The lowest BCUT2D eigenvalue weighted by atomic mass is 9.84. The summed E-state index contributed by atoms with van der Waals surface area (Å²) in [6, 6.07) is 0. The Morgan fingerprint density at radius 2 is 1.82 bits per heavy atom. The van der Waals surface area contributed by atoms with Crippen molar-refractivity contribution < 1.29 is 4.74 Å². The normalized spacial score (nSPS) is 32.8. The van der Waals surface area contributed by atoms with Gasteiger partial charge in [-0.05, 0) is 37.4 Å². The summed E-state index contributed by atoms with van der Waals surface area (Å²) in [7, 11) is 0. The summed E-state index contributed by atoms with van der Waals surface area (Å²) in [6.07, 6.45) is 12.7. The molecule has 0 amide bonds. The molecular formula is C15H28OS. The molecule has 2 fully saturated rings. The van der Waals surface area contributed by atoms with Crippen LogP contribution in [0.5, 0.6) is 0 Å². The van der Waals surface area contributed by atoms with Gasteiger partial charge in [-0.25, -0.2) is 0 Å². The average molecular weight is 256 g/mol. The van der Waals surface area contributed by atoms with Crippen molar-refractivity contribution in [2.45, 2.75) is 70.8 Å². The van der Waals surface area contributed by atoms with Crippen molar-refractivity contribution in [1.82, 2.24) is 0 Å². The number of rotatable bonds is 5. The van der Waals surface area contributed by atoms with E-state index in [1.807, 2.05) is 0 Å². The van der Waals surface area contributed by atoms with Gasteiger partial charge in [-0.3, -0.25) is 0 Å². The number of hydrogen-bond acceptors (Lipinski definition) is 2. The van der Waals surface area contributed by atoms with Crippen LogP contribution < -0.4 is 0 Å². The van der Waals surface area contributed by atoms with E-state index in [4.69, 9.17) is 4.74 Å². The minimum atomic E-state index is 0.416. The molecule has 0 saturated heterocycles. The van der Waals surface area contributed by atoms with E-state index < -0.39 is 0 Å². The molecule has 2 unspecified atom stereocenters. The molecule has 0 aromatic carbocycles. The summed E-state index contributed by atoms with van der Waals surface area (Å²) < 4.78 is 6.32. The SMILES string of the molecule is CCC1CCCCC1OCC1(CS)CCCC1. The molecule has 0 aliphatic heterocycles. The second-order valence-corrected chi connectivity index (χ2v) is 6.48. The van der Waals surface area contributed by atoms with Crippen LogP contribution in [0.15, 0.2) is 0 Å². The molecule has 2 saturated carbocycles. The predicted octanol–water partition coefficient (Wildman–Crippen LogP) is 4.46. The maximum absolute atomic E-state index is 6.32. The average Bonchev–Trinajstić information content (AvgIpc) is 2.86. The summed E-state index contributed by atoms with van der Waals surface area (Å²) >= 11 is 4.56.